The molecule has 1 heterocycles. The smallest absolute Gasteiger partial charge is 0.384 e. The molecule has 6 aromatic carbocycles. The van der Waals surface area contributed by atoms with Crippen LogP contribution < -0.4 is 0 Å². The topological polar surface area (TPSA) is 46.5 Å². The summed E-state index contributed by atoms with van der Waals surface area (Å²) in [6.45, 7) is 0. The van der Waals surface area contributed by atoms with Crippen LogP contribution in [0.1, 0.15) is 0 Å². The van der Waals surface area contributed by atoms with E-state index in [1.165, 1.54) is 0 Å². The number of hydrogen-bond acceptors (Lipinski definition) is 5. The lowest BCUT2D eigenvalue weighted by molar-refractivity contribution is 0.492. The first-order chi connectivity index (χ1) is 18.7. The van der Waals surface area contributed by atoms with Crippen LogP contribution in [0.5, 0.6) is 0 Å². The standard InChI is InChI=1S/C32H21O3PS2/c33-36-34-31-27(37-23-13-3-1-4-14-23)19-21-11-7-9-17-25(21)29(31)30-26-18-10-8-12-22(26)20-28(32(30)35-36)38-24-15-5-2-6-16-24/h1-20,33H. The van der Waals surface area contributed by atoms with E-state index >= 15 is 0 Å². The number of hydrogen-bond donors (Lipinski definition) is 1. The quantitative estimate of drug-likeness (QED) is 0.237. The van der Waals surface area contributed by atoms with Crippen LogP contribution in [0.2, 0.25) is 0 Å². The van der Waals surface area contributed by atoms with E-state index in [4.69, 9.17) is 8.39 Å². The van der Waals surface area contributed by atoms with Crippen molar-refractivity contribution in [2.75, 3.05) is 0 Å². The van der Waals surface area contributed by atoms with Crippen molar-refractivity contribution in [2.24, 2.45) is 0 Å². The van der Waals surface area contributed by atoms with Gasteiger partial charge in [0.15, 0.2) is 11.2 Å². The molecule has 184 valence electrons. The zero-order valence-electron chi connectivity index (χ0n) is 20.1. The molecule has 0 aliphatic carbocycles. The Morgan fingerprint density at radius 2 is 0.895 bits per heavy atom. The SMILES string of the molecule is Op1oc2c(Sc3ccccc3)cc3ccccc3c2c2c(o1)c(Sc1ccccc1)cc1ccccc12. The molecule has 0 bridgehead atoms. The molecule has 1 N–H and O–H groups in total. The maximum atomic E-state index is 11.1. The number of benzene rings is 6. The first-order valence-corrected chi connectivity index (χ1v) is 14.9. The van der Waals surface area contributed by atoms with Crippen LogP contribution in [-0.4, -0.2) is 4.89 Å². The van der Waals surface area contributed by atoms with Crippen molar-refractivity contribution in [3.05, 3.63) is 121 Å². The molecule has 0 aliphatic rings. The van der Waals surface area contributed by atoms with Gasteiger partial charge in [-0.05, 0) is 57.9 Å². The van der Waals surface area contributed by atoms with E-state index in [1.54, 1.807) is 23.5 Å². The second kappa shape index (κ2) is 9.94. The van der Waals surface area contributed by atoms with Gasteiger partial charge in [0, 0.05) is 20.6 Å². The minimum atomic E-state index is -2.21. The van der Waals surface area contributed by atoms with Gasteiger partial charge in [0.25, 0.3) is 0 Å². The normalized spacial score (nSPS) is 11.5. The lowest BCUT2D eigenvalue weighted by Gasteiger charge is -2.11. The summed E-state index contributed by atoms with van der Waals surface area (Å²) in [7, 11) is -2.21. The largest absolute Gasteiger partial charge is 0.398 e. The van der Waals surface area contributed by atoms with Crippen molar-refractivity contribution < 1.29 is 13.3 Å². The Balaban J connectivity index is 1.67. The van der Waals surface area contributed by atoms with Crippen molar-refractivity contribution in [3.8, 4) is 0 Å². The van der Waals surface area contributed by atoms with Gasteiger partial charge in [-0.15, -0.1) is 0 Å². The third kappa shape index (κ3) is 4.28. The van der Waals surface area contributed by atoms with E-state index in [0.717, 1.165) is 51.9 Å². The molecule has 0 atom stereocenters. The Hall–Kier alpha value is -3.60. The van der Waals surface area contributed by atoms with E-state index in [-0.39, 0.29) is 0 Å². The molecule has 6 heteroatoms. The molecule has 3 nitrogen and oxygen atoms in total. The summed E-state index contributed by atoms with van der Waals surface area (Å²) in [5.41, 5.74) is 1.30. The van der Waals surface area contributed by atoms with Crippen molar-refractivity contribution in [1.82, 2.24) is 0 Å². The molecule has 0 saturated carbocycles. The highest BCUT2D eigenvalue weighted by atomic mass is 32.2. The number of fused-ring (bicyclic) bond motifs is 7. The maximum Gasteiger partial charge on any atom is 0.384 e. The zero-order valence-corrected chi connectivity index (χ0v) is 22.6. The van der Waals surface area contributed by atoms with Gasteiger partial charge in [-0.25, -0.2) is 0 Å². The second-order valence-electron chi connectivity index (χ2n) is 8.85. The highest BCUT2D eigenvalue weighted by Gasteiger charge is 2.19. The minimum Gasteiger partial charge on any atom is -0.398 e. The lowest BCUT2D eigenvalue weighted by atomic mass is 9.98. The lowest BCUT2D eigenvalue weighted by Crippen LogP contribution is -1.85. The molecular formula is C32H21O3PS2. The first kappa shape index (κ1) is 23.5. The third-order valence-electron chi connectivity index (χ3n) is 6.47. The fourth-order valence-electron chi connectivity index (χ4n) is 4.84. The Morgan fingerprint density at radius 1 is 0.500 bits per heavy atom. The predicted octanol–water partition coefficient (Wildman–Crippen LogP) is 10.7. The molecule has 0 aliphatic heterocycles. The monoisotopic (exact) mass is 548 g/mol. The Bertz CT molecular complexity index is 1840. The average molecular weight is 549 g/mol. The second-order valence-corrected chi connectivity index (χ2v) is 11.9. The van der Waals surface area contributed by atoms with Crippen LogP contribution in [-0.2, 0) is 0 Å². The molecule has 38 heavy (non-hydrogen) atoms. The molecule has 0 fully saturated rings. The summed E-state index contributed by atoms with van der Waals surface area (Å²) in [6.07, 6.45) is 0. The molecule has 0 amide bonds. The molecule has 7 aromatic rings. The Morgan fingerprint density at radius 3 is 1.34 bits per heavy atom. The van der Waals surface area contributed by atoms with Gasteiger partial charge < -0.3 is 8.39 Å². The van der Waals surface area contributed by atoms with E-state index in [1.807, 2.05) is 48.5 Å². The minimum absolute atomic E-state index is 0.650. The van der Waals surface area contributed by atoms with Crippen molar-refractivity contribution in [2.45, 2.75) is 19.6 Å². The van der Waals surface area contributed by atoms with Crippen LogP contribution >= 0.6 is 31.8 Å². The summed E-state index contributed by atoms with van der Waals surface area (Å²) < 4.78 is 12.5. The molecule has 0 unspecified atom stereocenters. The van der Waals surface area contributed by atoms with Gasteiger partial charge >= 0.3 is 8.24 Å². The van der Waals surface area contributed by atoms with Crippen molar-refractivity contribution in [3.63, 3.8) is 0 Å². The summed E-state index contributed by atoms with van der Waals surface area (Å²) >= 11 is 3.26. The molecule has 0 radical (unpaired) electrons. The van der Waals surface area contributed by atoms with Crippen LogP contribution in [0.3, 0.4) is 0 Å². The first-order valence-electron chi connectivity index (χ1n) is 12.2. The van der Waals surface area contributed by atoms with Gasteiger partial charge in [0.05, 0.1) is 9.79 Å². The van der Waals surface area contributed by atoms with E-state index < -0.39 is 8.24 Å². The predicted molar refractivity (Wildman–Crippen MR) is 160 cm³/mol. The number of rotatable bonds is 4. The van der Waals surface area contributed by atoms with Crippen LogP contribution in [0.15, 0.2) is 149 Å². The maximum absolute atomic E-state index is 11.1. The van der Waals surface area contributed by atoms with Crippen molar-refractivity contribution in [1.29, 1.82) is 0 Å². The van der Waals surface area contributed by atoms with Gasteiger partial charge in [0.1, 0.15) is 0 Å². The fraction of sp³-hybridized carbons (Fsp3) is 0. The molecule has 7 rings (SSSR count). The summed E-state index contributed by atoms with van der Waals surface area (Å²) in [4.78, 5) is 15.2. The van der Waals surface area contributed by atoms with Gasteiger partial charge in [-0.3, -0.25) is 4.89 Å². The van der Waals surface area contributed by atoms with Gasteiger partial charge in [0.2, 0.25) is 0 Å². The highest BCUT2D eigenvalue weighted by Crippen LogP contribution is 2.47. The molecule has 0 saturated heterocycles. The highest BCUT2D eigenvalue weighted by molar-refractivity contribution is 7.99. The van der Waals surface area contributed by atoms with Crippen molar-refractivity contribution >= 4 is 75.2 Å². The van der Waals surface area contributed by atoms with Crippen LogP contribution in [0.25, 0.3) is 43.5 Å². The summed E-state index contributed by atoms with van der Waals surface area (Å²) in [5.74, 6) is 0. The summed E-state index contributed by atoms with van der Waals surface area (Å²) in [6, 6.07) is 41.5. The third-order valence-corrected chi connectivity index (χ3v) is 9.21. The molecule has 1 aromatic heterocycles. The average Bonchev–Trinajstić information content (AvgIpc) is 3.11. The summed E-state index contributed by atoms with van der Waals surface area (Å²) in [5, 5.41) is 6.22. The van der Waals surface area contributed by atoms with Gasteiger partial charge in [-0.1, -0.05) is 108 Å². The van der Waals surface area contributed by atoms with E-state index in [9.17, 15) is 4.89 Å². The fourth-order valence-corrected chi connectivity index (χ4v) is 7.63. The van der Waals surface area contributed by atoms with Gasteiger partial charge in [-0.2, -0.15) is 0 Å². The van der Waals surface area contributed by atoms with Crippen LogP contribution in [0, 0.1) is 0 Å². The Kier molecular flexibility index (Phi) is 6.15. The molecule has 0 spiro atoms. The van der Waals surface area contributed by atoms with E-state index in [2.05, 4.69) is 72.8 Å². The zero-order chi connectivity index (χ0) is 25.5. The Labute approximate surface area is 228 Å². The molecular weight excluding hydrogens is 527 g/mol. The van der Waals surface area contributed by atoms with E-state index in [0.29, 0.717) is 11.2 Å². The van der Waals surface area contributed by atoms with Crippen LogP contribution in [0.4, 0.5) is 0 Å².